The molecule has 72 valence electrons. The van der Waals surface area contributed by atoms with E-state index in [4.69, 9.17) is 0 Å². The first-order valence-electron chi connectivity index (χ1n) is 3.64. The van der Waals surface area contributed by atoms with Gasteiger partial charge in [-0.05, 0) is 6.07 Å². The number of hydrogen-bond donors (Lipinski definition) is 1. The standard InChI is InChI=1S/C8H4FNO2S2/c9-7-5(10(11)12)2-1-4-6(13)3-14-8(4)7/h1-3,13H. The van der Waals surface area contributed by atoms with Gasteiger partial charge in [-0.25, -0.2) is 0 Å². The van der Waals surface area contributed by atoms with Gasteiger partial charge in [0.25, 0.3) is 0 Å². The van der Waals surface area contributed by atoms with Crippen molar-refractivity contribution in [2.45, 2.75) is 4.90 Å². The highest BCUT2D eigenvalue weighted by Crippen LogP contribution is 2.34. The van der Waals surface area contributed by atoms with Crippen molar-refractivity contribution in [1.82, 2.24) is 0 Å². The smallest absolute Gasteiger partial charge is 0.258 e. The van der Waals surface area contributed by atoms with Crippen molar-refractivity contribution < 1.29 is 9.31 Å². The van der Waals surface area contributed by atoms with Crippen molar-refractivity contribution in [3.63, 3.8) is 0 Å². The van der Waals surface area contributed by atoms with Crippen LogP contribution in [0.4, 0.5) is 10.1 Å². The number of rotatable bonds is 1. The van der Waals surface area contributed by atoms with Crippen molar-refractivity contribution in [2.24, 2.45) is 0 Å². The Morgan fingerprint density at radius 1 is 1.50 bits per heavy atom. The van der Waals surface area contributed by atoms with Crippen LogP contribution >= 0.6 is 24.0 Å². The minimum Gasteiger partial charge on any atom is -0.258 e. The number of nitro benzene ring substituents is 1. The van der Waals surface area contributed by atoms with E-state index in [1.165, 1.54) is 6.07 Å². The summed E-state index contributed by atoms with van der Waals surface area (Å²) in [6, 6.07) is 2.67. The Balaban J connectivity index is 2.82. The fourth-order valence-electron chi connectivity index (χ4n) is 1.18. The van der Waals surface area contributed by atoms with Crippen LogP contribution in [0.25, 0.3) is 10.1 Å². The van der Waals surface area contributed by atoms with Crippen LogP contribution in [0.3, 0.4) is 0 Å². The zero-order valence-corrected chi connectivity index (χ0v) is 8.44. The van der Waals surface area contributed by atoms with Gasteiger partial charge in [0.2, 0.25) is 5.82 Å². The minimum atomic E-state index is -0.780. The molecule has 0 aliphatic heterocycles. The summed E-state index contributed by atoms with van der Waals surface area (Å²) < 4.78 is 13.7. The molecule has 0 aliphatic carbocycles. The summed E-state index contributed by atoms with van der Waals surface area (Å²) in [4.78, 5) is 10.3. The predicted octanol–water partition coefficient (Wildman–Crippen LogP) is 3.24. The minimum absolute atomic E-state index is 0.282. The molecule has 0 unspecified atom stereocenters. The summed E-state index contributed by atoms with van der Waals surface area (Å²) in [5.41, 5.74) is -0.493. The number of halogens is 1. The van der Waals surface area contributed by atoms with Crippen molar-refractivity contribution in [3.8, 4) is 0 Å². The second-order valence-corrected chi connectivity index (χ2v) is 4.01. The van der Waals surface area contributed by atoms with E-state index in [2.05, 4.69) is 12.6 Å². The quantitative estimate of drug-likeness (QED) is 0.463. The molecule has 1 aromatic heterocycles. The zero-order valence-electron chi connectivity index (χ0n) is 6.73. The summed E-state index contributed by atoms with van der Waals surface area (Å²) in [7, 11) is 0. The van der Waals surface area contributed by atoms with Crippen molar-refractivity contribution in [1.29, 1.82) is 0 Å². The molecule has 1 heterocycles. The van der Waals surface area contributed by atoms with E-state index in [1.54, 1.807) is 5.38 Å². The van der Waals surface area contributed by atoms with Crippen LogP contribution in [0.1, 0.15) is 0 Å². The lowest BCUT2D eigenvalue weighted by Crippen LogP contribution is -1.91. The summed E-state index contributed by atoms with van der Waals surface area (Å²) >= 11 is 5.22. The Hall–Kier alpha value is -1.14. The van der Waals surface area contributed by atoms with Gasteiger partial charge in [0.1, 0.15) is 0 Å². The normalized spacial score (nSPS) is 10.7. The zero-order chi connectivity index (χ0) is 10.3. The molecule has 0 amide bonds. The van der Waals surface area contributed by atoms with E-state index >= 15 is 0 Å². The van der Waals surface area contributed by atoms with Crippen molar-refractivity contribution >= 4 is 39.7 Å². The lowest BCUT2D eigenvalue weighted by atomic mass is 10.2. The van der Waals surface area contributed by atoms with Crippen LogP contribution in [0.5, 0.6) is 0 Å². The number of hydrogen-bond acceptors (Lipinski definition) is 4. The van der Waals surface area contributed by atoms with Gasteiger partial charge >= 0.3 is 5.69 Å². The molecule has 3 nitrogen and oxygen atoms in total. The molecule has 2 aromatic rings. The Morgan fingerprint density at radius 2 is 2.21 bits per heavy atom. The molecule has 6 heteroatoms. The molecule has 0 N–H and O–H groups in total. The third-order valence-electron chi connectivity index (χ3n) is 1.84. The molecule has 0 saturated heterocycles. The van der Waals surface area contributed by atoms with Gasteiger partial charge in [-0.1, -0.05) is 0 Å². The average molecular weight is 229 g/mol. The SMILES string of the molecule is O=[N+]([O-])c1ccc2c(S)csc2c1F. The first kappa shape index (κ1) is 9.42. The van der Waals surface area contributed by atoms with E-state index < -0.39 is 16.4 Å². The fraction of sp³-hybridized carbons (Fsp3) is 0. The van der Waals surface area contributed by atoms with Gasteiger partial charge < -0.3 is 0 Å². The molecule has 0 atom stereocenters. The van der Waals surface area contributed by atoms with E-state index in [-0.39, 0.29) is 4.70 Å². The molecular weight excluding hydrogens is 225 g/mol. The monoisotopic (exact) mass is 229 g/mol. The number of thiophene rings is 1. The molecule has 0 spiro atoms. The molecule has 0 saturated carbocycles. The molecule has 0 fully saturated rings. The highest BCUT2D eigenvalue weighted by Gasteiger charge is 2.18. The van der Waals surface area contributed by atoms with Crippen molar-refractivity contribution in [2.75, 3.05) is 0 Å². The van der Waals surface area contributed by atoms with Crippen LogP contribution in [0.2, 0.25) is 0 Å². The number of thiol groups is 1. The topological polar surface area (TPSA) is 43.1 Å². The largest absolute Gasteiger partial charge is 0.306 e. The molecule has 1 aromatic carbocycles. The predicted molar refractivity (Wildman–Crippen MR) is 55.7 cm³/mol. The van der Waals surface area contributed by atoms with Gasteiger partial charge in [0, 0.05) is 21.7 Å². The second-order valence-electron chi connectivity index (χ2n) is 2.65. The molecule has 0 aliphatic rings. The number of nitrogens with zero attached hydrogens (tertiary/aromatic N) is 1. The highest BCUT2D eigenvalue weighted by molar-refractivity contribution is 7.80. The van der Waals surface area contributed by atoms with Gasteiger partial charge in [-0.2, -0.15) is 4.39 Å². The van der Waals surface area contributed by atoms with Gasteiger partial charge in [-0.3, -0.25) is 10.1 Å². The maximum atomic E-state index is 13.5. The van der Waals surface area contributed by atoms with E-state index in [0.29, 0.717) is 10.3 Å². The number of benzene rings is 1. The van der Waals surface area contributed by atoms with Gasteiger partial charge in [0.05, 0.1) is 9.62 Å². The van der Waals surface area contributed by atoms with E-state index in [1.807, 2.05) is 0 Å². The summed E-state index contributed by atoms with van der Waals surface area (Å²) in [6.07, 6.45) is 0. The fourth-order valence-corrected chi connectivity index (χ4v) is 2.47. The number of fused-ring (bicyclic) bond motifs is 1. The molecule has 0 radical (unpaired) electrons. The summed E-state index contributed by atoms with van der Waals surface area (Å²) in [5.74, 6) is -0.780. The van der Waals surface area contributed by atoms with Crippen LogP contribution in [0, 0.1) is 15.9 Å². The van der Waals surface area contributed by atoms with Gasteiger partial charge in [0.15, 0.2) is 0 Å². The van der Waals surface area contributed by atoms with Crippen molar-refractivity contribution in [3.05, 3.63) is 33.4 Å². The van der Waals surface area contributed by atoms with Crippen LogP contribution < -0.4 is 0 Å². The highest BCUT2D eigenvalue weighted by atomic mass is 32.1. The van der Waals surface area contributed by atoms with Crippen LogP contribution in [0.15, 0.2) is 22.4 Å². The molecule has 14 heavy (non-hydrogen) atoms. The lowest BCUT2D eigenvalue weighted by molar-refractivity contribution is -0.387. The van der Waals surface area contributed by atoms with Gasteiger partial charge in [-0.15, -0.1) is 24.0 Å². The maximum Gasteiger partial charge on any atom is 0.306 e. The second kappa shape index (κ2) is 3.21. The molecular formula is C8H4FNO2S2. The lowest BCUT2D eigenvalue weighted by Gasteiger charge is -1.95. The maximum absolute atomic E-state index is 13.5. The van der Waals surface area contributed by atoms with E-state index in [9.17, 15) is 14.5 Å². The Bertz CT molecular complexity index is 523. The third-order valence-corrected chi connectivity index (χ3v) is 3.37. The molecule has 2 rings (SSSR count). The average Bonchev–Trinajstić information content (AvgIpc) is 2.49. The van der Waals surface area contributed by atoms with Crippen LogP contribution in [-0.2, 0) is 0 Å². The summed E-state index contributed by atoms with van der Waals surface area (Å²) in [5, 5.41) is 12.7. The Labute approximate surface area is 87.7 Å². The first-order valence-corrected chi connectivity index (χ1v) is 4.97. The Kier molecular flexibility index (Phi) is 2.16. The summed E-state index contributed by atoms with van der Waals surface area (Å²) in [6.45, 7) is 0. The Morgan fingerprint density at radius 3 is 2.86 bits per heavy atom. The van der Waals surface area contributed by atoms with Crippen LogP contribution in [-0.4, -0.2) is 4.92 Å². The first-order chi connectivity index (χ1) is 6.61. The third kappa shape index (κ3) is 1.27. The number of nitro groups is 1. The van der Waals surface area contributed by atoms with E-state index in [0.717, 1.165) is 17.4 Å². The molecule has 0 bridgehead atoms.